The van der Waals surface area contributed by atoms with Gasteiger partial charge in [-0.15, -0.1) is 0 Å². The number of aliphatic carboxylic acids is 1. The quantitative estimate of drug-likeness (QED) is 0.594. The summed E-state index contributed by atoms with van der Waals surface area (Å²) in [6.45, 7) is 3.75. The van der Waals surface area contributed by atoms with E-state index in [0.29, 0.717) is 6.42 Å². The first-order chi connectivity index (χ1) is 8.68. The topological polar surface area (TPSA) is 110 Å². The number of carbonyl (C=O) groups is 2. The summed E-state index contributed by atoms with van der Waals surface area (Å²) in [5, 5.41) is 8.92. The van der Waals surface area contributed by atoms with Gasteiger partial charge in [-0.3, -0.25) is 9.59 Å². The van der Waals surface area contributed by atoms with Gasteiger partial charge < -0.3 is 9.84 Å². The van der Waals surface area contributed by atoms with Crippen LogP contribution in [0.1, 0.15) is 33.1 Å². The number of nitrogens with one attached hydrogen (secondary N) is 1. The van der Waals surface area contributed by atoms with Crippen LogP contribution >= 0.6 is 0 Å². The minimum Gasteiger partial charge on any atom is -0.480 e. The lowest BCUT2D eigenvalue weighted by Crippen LogP contribution is -2.42. The maximum absolute atomic E-state index is 11.7. The van der Waals surface area contributed by atoms with E-state index in [1.165, 1.54) is 7.11 Å². The number of hydrogen-bond donors (Lipinski definition) is 2. The zero-order valence-electron chi connectivity index (χ0n) is 11.4. The summed E-state index contributed by atoms with van der Waals surface area (Å²) in [6, 6.07) is -1.31. The van der Waals surface area contributed by atoms with E-state index in [-0.39, 0.29) is 24.5 Å². The summed E-state index contributed by atoms with van der Waals surface area (Å²) in [5.74, 6) is -1.81. The molecule has 112 valence electrons. The van der Waals surface area contributed by atoms with Crippen molar-refractivity contribution in [3.8, 4) is 0 Å². The van der Waals surface area contributed by atoms with Crippen molar-refractivity contribution in [2.24, 2.45) is 5.92 Å². The molecule has 0 aromatic rings. The molecule has 0 saturated heterocycles. The van der Waals surface area contributed by atoms with E-state index in [4.69, 9.17) is 5.11 Å². The molecule has 0 amide bonds. The molecule has 8 heteroatoms. The van der Waals surface area contributed by atoms with E-state index in [9.17, 15) is 18.0 Å². The van der Waals surface area contributed by atoms with Gasteiger partial charge in [-0.1, -0.05) is 13.8 Å². The highest BCUT2D eigenvalue weighted by molar-refractivity contribution is 7.89. The smallest absolute Gasteiger partial charge is 0.321 e. The molecular weight excluding hydrogens is 274 g/mol. The largest absolute Gasteiger partial charge is 0.480 e. The van der Waals surface area contributed by atoms with E-state index < -0.39 is 28.0 Å². The SMILES string of the molecule is COC(=O)CC[C@@H](NS(=O)(=O)CCC(C)C)C(=O)O. The van der Waals surface area contributed by atoms with E-state index >= 15 is 0 Å². The van der Waals surface area contributed by atoms with Crippen molar-refractivity contribution in [2.45, 2.75) is 39.2 Å². The summed E-state index contributed by atoms with van der Waals surface area (Å²) in [4.78, 5) is 21.9. The summed E-state index contributed by atoms with van der Waals surface area (Å²) >= 11 is 0. The number of ether oxygens (including phenoxy) is 1. The summed E-state index contributed by atoms with van der Waals surface area (Å²) in [7, 11) is -2.47. The number of hydrogen-bond acceptors (Lipinski definition) is 5. The van der Waals surface area contributed by atoms with Gasteiger partial charge in [0.25, 0.3) is 0 Å². The Morgan fingerprint density at radius 1 is 1.26 bits per heavy atom. The van der Waals surface area contributed by atoms with E-state index in [2.05, 4.69) is 9.46 Å². The first kappa shape index (κ1) is 17.8. The molecular formula is C11H21NO6S. The minimum atomic E-state index is -3.66. The number of esters is 1. The number of carboxylic acid groups (broad SMARTS) is 1. The zero-order chi connectivity index (χ0) is 15.1. The van der Waals surface area contributed by atoms with Crippen molar-refractivity contribution in [1.82, 2.24) is 4.72 Å². The molecule has 2 N–H and O–H groups in total. The highest BCUT2D eigenvalue weighted by Crippen LogP contribution is 2.05. The fourth-order valence-corrected chi connectivity index (χ4v) is 2.82. The molecule has 0 saturated carbocycles. The second-order valence-electron chi connectivity index (χ2n) is 4.62. The highest BCUT2D eigenvalue weighted by Gasteiger charge is 2.24. The standard InChI is InChI=1S/C11H21NO6S/c1-8(2)6-7-19(16,17)12-9(11(14)15)4-5-10(13)18-3/h8-9,12H,4-7H2,1-3H3,(H,14,15)/t9-/m1/s1. The van der Waals surface area contributed by atoms with E-state index in [1.54, 1.807) is 0 Å². The number of carboxylic acids is 1. The molecule has 0 aromatic carbocycles. The van der Waals surface area contributed by atoms with E-state index in [1.807, 2.05) is 13.8 Å². The lowest BCUT2D eigenvalue weighted by atomic mass is 10.2. The van der Waals surface area contributed by atoms with Crippen molar-refractivity contribution < 1.29 is 27.9 Å². The summed E-state index contributed by atoms with van der Waals surface area (Å²) < 4.78 is 29.8. The molecule has 0 bridgehead atoms. The monoisotopic (exact) mass is 295 g/mol. The van der Waals surface area contributed by atoms with Crippen LogP contribution in [0, 0.1) is 5.92 Å². The Morgan fingerprint density at radius 2 is 1.84 bits per heavy atom. The van der Waals surface area contributed by atoms with Gasteiger partial charge in [-0.25, -0.2) is 13.1 Å². The average Bonchev–Trinajstić information content (AvgIpc) is 2.31. The van der Waals surface area contributed by atoms with Crippen LogP contribution in [0.4, 0.5) is 0 Å². The Bertz CT molecular complexity index is 403. The maximum atomic E-state index is 11.7. The van der Waals surface area contributed by atoms with Crippen LogP contribution in [-0.2, 0) is 24.3 Å². The molecule has 0 heterocycles. The molecule has 0 fully saturated rings. The molecule has 1 atom stereocenters. The predicted molar refractivity (Wildman–Crippen MR) is 69.1 cm³/mol. The van der Waals surface area contributed by atoms with Crippen LogP contribution < -0.4 is 4.72 Å². The van der Waals surface area contributed by atoms with Gasteiger partial charge >= 0.3 is 11.9 Å². The normalized spacial score (nSPS) is 13.3. The van der Waals surface area contributed by atoms with Crippen molar-refractivity contribution in [1.29, 1.82) is 0 Å². The molecule has 0 aliphatic carbocycles. The van der Waals surface area contributed by atoms with Crippen molar-refractivity contribution in [2.75, 3.05) is 12.9 Å². The lowest BCUT2D eigenvalue weighted by molar-refractivity contribution is -0.142. The van der Waals surface area contributed by atoms with Crippen LogP contribution in [-0.4, -0.2) is 44.4 Å². The van der Waals surface area contributed by atoms with Gasteiger partial charge in [0.2, 0.25) is 10.0 Å². The van der Waals surface area contributed by atoms with Crippen molar-refractivity contribution in [3.63, 3.8) is 0 Å². The van der Waals surface area contributed by atoms with Gasteiger partial charge in [-0.2, -0.15) is 0 Å². The Labute approximate surface area is 113 Å². The third kappa shape index (κ3) is 8.55. The molecule has 0 radical (unpaired) electrons. The molecule has 0 unspecified atom stereocenters. The van der Waals surface area contributed by atoms with Crippen molar-refractivity contribution >= 4 is 22.0 Å². The van der Waals surface area contributed by atoms with E-state index in [0.717, 1.165) is 0 Å². The molecule has 19 heavy (non-hydrogen) atoms. The molecule has 0 aliphatic rings. The Balaban J connectivity index is 4.49. The number of sulfonamides is 1. The Kier molecular flexibility index (Phi) is 7.62. The van der Waals surface area contributed by atoms with Gasteiger partial charge in [0.15, 0.2) is 0 Å². The second kappa shape index (κ2) is 8.11. The van der Waals surface area contributed by atoms with Crippen molar-refractivity contribution in [3.05, 3.63) is 0 Å². The van der Waals surface area contributed by atoms with Gasteiger partial charge in [0.1, 0.15) is 6.04 Å². The summed E-state index contributed by atoms with van der Waals surface area (Å²) in [6.07, 6.45) is 0.155. The fraction of sp³-hybridized carbons (Fsp3) is 0.818. The third-order valence-corrected chi connectivity index (χ3v) is 3.87. The number of rotatable bonds is 9. The van der Waals surface area contributed by atoms with Crippen LogP contribution in [0.15, 0.2) is 0 Å². The van der Waals surface area contributed by atoms with Crippen LogP contribution in [0.2, 0.25) is 0 Å². The first-order valence-corrected chi connectivity index (χ1v) is 7.62. The second-order valence-corrected chi connectivity index (χ2v) is 6.50. The molecule has 0 aromatic heterocycles. The van der Waals surface area contributed by atoms with Gasteiger partial charge in [0.05, 0.1) is 12.9 Å². The Morgan fingerprint density at radius 3 is 2.26 bits per heavy atom. The molecule has 0 rings (SSSR count). The summed E-state index contributed by atoms with van der Waals surface area (Å²) in [5.41, 5.74) is 0. The molecule has 0 spiro atoms. The third-order valence-electron chi connectivity index (χ3n) is 2.45. The first-order valence-electron chi connectivity index (χ1n) is 5.97. The molecule has 0 aliphatic heterocycles. The average molecular weight is 295 g/mol. The van der Waals surface area contributed by atoms with Crippen LogP contribution in [0.3, 0.4) is 0 Å². The maximum Gasteiger partial charge on any atom is 0.321 e. The Hall–Kier alpha value is -1.15. The predicted octanol–water partition coefficient (Wildman–Crippen LogP) is 0.358. The molecule has 7 nitrogen and oxygen atoms in total. The highest BCUT2D eigenvalue weighted by atomic mass is 32.2. The minimum absolute atomic E-state index is 0.132. The van der Waals surface area contributed by atoms with Crippen LogP contribution in [0.5, 0.6) is 0 Å². The fourth-order valence-electron chi connectivity index (χ4n) is 1.26. The number of methoxy groups -OCH3 is 1. The van der Waals surface area contributed by atoms with Gasteiger partial charge in [-0.05, 0) is 18.8 Å². The zero-order valence-corrected chi connectivity index (χ0v) is 12.2. The lowest BCUT2D eigenvalue weighted by Gasteiger charge is -2.14. The van der Waals surface area contributed by atoms with Gasteiger partial charge in [0, 0.05) is 6.42 Å². The number of carbonyl (C=O) groups excluding carboxylic acids is 1. The van der Waals surface area contributed by atoms with Crippen LogP contribution in [0.25, 0.3) is 0 Å².